The van der Waals surface area contributed by atoms with E-state index in [1.807, 2.05) is 12.1 Å². The van der Waals surface area contributed by atoms with Crippen molar-refractivity contribution in [2.45, 2.75) is 26.2 Å². The van der Waals surface area contributed by atoms with Crippen LogP contribution in [0.4, 0.5) is 0 Å². The molecule has 0 saturated carbocycles. The predicted octanol–water partition coefficient (Wildman–Crippen LogP) is 2.97. The van der Waals surface area contributed by atoms with Crippen molar-refractivity contribution < 1.29 is 14.9 Å². The molecule has 4 rings (SSSR count). The van der Waals surface area contributed by atoms with Crippen molar-refractivity contribution >= 4 is 21.5 Å². The molecule has 0 radical (unpaired) electrons. The van der Waals surface area contributed by atoms with Crippen LogP contribution >= 0.6 is 0 Å². The van der Waals surface area contributed by atoms with Crippen LogP contribution in [0.1, 0.15) is 22.3 Å². The van der Waals surface area contributed by atoms with Gasteiger partial charge in [-0.1, -0.05) is 12.1 Å². The fraction of sp³-hybridized carbons (Fsp3) is 0.333. The summed E-state index contributed by atoms with van der Waals surface area (Å²) in [4.78, 5) is 2.34. The van der Waals surface area contributed by atoms with Gasteiger partial charge in [-0.05, 0) is 69.9 Å². The summed E-state index contributed by atoms with van der Waals surface area (Å²) < 4.78 is 5.51. The van der Waals surface area contributed by atoms with Crippen LogP contribution in [0.5, 0.6) is 5.75 Å². The Balaban J connectivity index is 2.16. The molecule has 1 heterocycles. The van der Waals surface area contributed by atoms with E-state index >= 15 is 0 Å². The van der Waals surface area contributed by atoms with Crippen LogP contribution in [0, 0.1) is 0 Å². The van der Waals surface area contributed by atoms with Crippen LogP contribution in [-0.4, -0.2) is 35.8 Å². The highest BCUT2D eigenvalue weighted by atomic mass is 16.5. The molecule has 0 atom stereocenters. The van der Waals surface area contributed by atoms with Gasteiger partial charge >= 0.3 is 0 Å². The summed E-state index contributed by atoms with van der Waals surface area (Å²) in [6, 6.07) is 10.3. The van der Waals surface area contributed by atoms with Gasteiger partial charge in [0, 0.05) is 18.7 Å². The van der Waals surface area contributed by atoms with Gasteiger partial charge in [0.1, 0.15) is 5.75 Å². The molecule has 3 aromatic rings. The third-order valence-corrected chi connectivity index (χ3v) is 5.33. The van der Waals surface area contributed by atoms with E-state index in [1.54, 1.807) is 7.11 Å². The SMILES string of the molecule is COc1cc2c3c(c4ccc(CO)cc4c2cc1CO)CCN(C)C3. The number of ether oxygens (including phenoxy) is 1. The van der Waals surface area contributed by atoms with Gasteiger partial charge in [0.15, 0.2) is 0 Å². The lowest BCUT2D eigenvalue weighted by atomic mass is 9.86. The Hall–Kier alpha value is -2.14. The smallest absolute Gasteiger partial charge is 0.125 e. The minimum Gasteiger partial charge on any atom is -0.496 e. The Kier molecular flexibility index (Phi) is 4.12. The Labute approximate surface area is 147 Å². The average Bonchev–Trinajstić information content (AvgIpc) is 2.66. The zero-order chi connectivity index (χ0) is 17.6. The third-order valence-electron chi connectivity index (χ3n) is 5.33. The van der Waals surface area contributed by atoms with E-state index in [0.717, 1.165) is 47.2 Å². The summed E-state index contributed by atoms with van der Waals surface area (Å²) >= 11 is 0. The number of aliphatic hydroxyl groups excluding tert-OH is 2. The van der Waals surface area contributed by atoms with Gasteiger partial charge in [0.25, 0.3) is 0 Å². The highest BCUT2D eigenvalue weighted by Crippen LogP contribution is 2.39. The van der Waals surface area contributed by atoms with Gasteiger partial charge in [0.2, 0.25) is 0 Å². The standard InChI is InChI=1S/C21H23NO3/c1-22-6-5-16-15-4-3-13(11-23)7-17(15)18-8-14(12-24)21(25-2)9-19(18)20(16)10-22/h3-4,7-9,23-24H,5-6,10-12H2,1-2H3. The molecular formula is C21H23NO3. The molecule has 4 heteroatoms. The lowest BCUT2D eigenvalue weighted by Crippen LogP contribution is -2.27. The van der Waals surface area contributed by atoms with Crippen molar-refractivity contribution in [2.75, 3.05) is 20.7 Å². The fourth-order valence-electron chi connectivity index (χ4n) is 4.03. The number of rotatable bonds is 3. The molecule has 0 amide bonds. The topological polar surface area (TPSA) is 52.9 Å². The zero-order valence-electron chi connectivity index (χ0n) is 14.7. The van der Waals surface area contributed by atoms with Crippen LogP contribution in [-0.2, 0) is 26.2 Å². The summed E-state index contributed by atoms with van der Waals surface area (Å²) in [5.41, 5.74) is 4.43. The molecule has 0 fully saturated rings. The van der Waals surface area contributed by atoms with Crippen LogP contribution in [0.25, 0.3) is 21.5 Å². The number of aliphatic hydroxyl groups is 2. The van der Waals surface area contributed by atoms with Crippen molar-refractivity contribution in [3.63, 3.8) is 0 Å². The maximum absolute atomic E-state index is 9.73. The molecule has 1 aliphatic rings. The van der Waals surface area contributed by atoms with Crippen LogP contribution < -0.4 is 4.74 Å². The van der Waals surface area contributed by atoms with Gasteiger partial charge in [-0.2, -0.15) is 0 Å². The largest absolute Gasteiger partial charge is 0.496 e. The number of hydrogen-bond acceptors (Lipinski definition) is 4. The monoisotopic (exact) mass is 337 g/mol. The van der Waals surface area contributed by atoms with Crippen LogP contribution in [0.3, 0.4) is 0 Å². The Morgan fingerprint density at radius 3 is 2.48 bits per heavy atom. The van der Waals surface area contributed by atoms with Crippen LogP contribution in [0.2, 0.25) is 0 Å². The number of benzene rings is 3. The van der Waals surface area contributed by atoms with E-state index < -0.39 is 0 Å². The average molecular weight is 337 g/mol. The molecule has 130 valence electrons. The molecule has 2 N–H and O–H groups in total. The third kappa shape index (κ3) is 2.58. The number of nitrogens with zero attached hydrogens (tertiary/aromatic N) is 1. The maximum Gasteiger partial charge on any atom is 0.125 e. The first kappa shape index (κ1) is 16.3. The van der Waals surface area contributed by atoms with Crippen molar-refractivity contribution in [3.05, 3.63) is 52.6 Å². The quantitative estimate of drug-likeness (QED) is 0.722. The van der Waals surface area contributed by atoms with Gasteiger partial charge < -0.3 is 19.8 Å². The Bertz CT molecular complexity index is 965. The lowest BCUT2D eigenvalue weighted by molar-refractivity contribution is 0.274. The molecule has 0 bridgehead atoms. The summed E-state index contributed by atoms with van der Waals surface area (Å²) in [6.07, 6.45) is 1.01. The Morgan fingerprint density at radius 2 is 1.76 bits per heavy atom. The second-order valence-electron chi connectivity index (χ2n) is 6.85. The van der Waals surface area contributed by atoms with E-state index in [2.05, 4.69) is 30.1 Å². The molecule has 1 aliphatic heterocycles. The highest BCUT2D eigenvalue weighted by Gasteiger charge is 2.21. The van der Waals surface area contributed by atoms with Crippen molar-refractivity contribution in [2.24, 2.45) is 0 Å². The van der Waals surface area contributed by atoms with Gasteiger partial charge in [-0.15, -0.1) is 0 Å². The summed E-state index contributed by atoms with van der Waals surface area (Å²) in [6.45, 7) is 1.92. The maximum atomic E-state index is 9.73. The second kappa shape index (κ2) is 6.30. The van der Waals surface area contributed by atoms with E-state index in [9.17, 15) is 10.2 Å². The molecule has 0 aromatic heterocycles. The molecule has 0 unspecified atom stereocenters. The first-order valence-electron chi connectivity index (χ1n) is 8.63. The first-order valence-corrected chi connectivity index (χ1v) is 8.63. The number of methoxy groups -OCH3 is 1. The van der Waals surface area contributed by atoms with Crippen LogP contribution in [0.15, 0.2) is 30.3 Å². The highest BCUT2D eigenvalue weighted by molar-refractivity contribution is 6.11. The van der Waals surface area contributed by atoms with Crippen molar-refractivity contribution in [3.8, 4) is 5.75 Å². The molecule has 0 aliphatic carbocycles. The molecule has 4 nitrogen and oxygen atoms in total. The summed E-state index contributed by atoms with van der Waals surface area (Å²) in [5, 5.41) is 24.0. The second-order valence-corrected chi connectivity index (χ2v) is 6.85. The number of likely N-dealkylation sites (N-methyl/N-ethyl adjacent to an activating group) is 1. The minimum absolute atomic E-state index is 0.0280. The number of fused-ring (bicyclic) bond motifs is 6. The van der Waals surface area contributed by atoms with Gasteiger partial charge in [-0.25, -0.2) is 0 Å². The zero-order valence-corrected chi connectivity index (χ0v) is 14.7. The predicted molar refractivity (Wildman–Crippen MR) is 99.9 cm³/mol. The Morgan fingerprint density at radius 1 is 0.960 bits per heavy atom. The first-order chi connectivity index (χ1) is 12.2. The minimum atomic E-state index is -0.0582. The van der Waals surface area contributed by atoms with Gasteiger partial charge in [-0.3, -0.25) is 0 Å². The molecule has 0 saturated heterocycles. The van der Waals surface area contributed by atoms with Crippen molar-refractivity contribution in [1.29, 1.82) is 0 Å². The number of hydrogen-bond donors (Lipinski definition) is 2. The van der Waals surface area contributed by atoms with E-state index in [4.69, 9.17) is 4.74 Å². The normalized spacial score (nSPS) is 14.9. The van der Waals surface area contributed by atoms with Crippen molar-refractivity contribution in [1.82, 2.24) is 4.90 Å². The van der Waals surface area contributed by atoms with E-state index in [-0.39, 0.29) is 13.2 Å². The molecule has 25 heavy (non-hydrogen) atoms. The molecule has 3 aromatic carbocycles. The molecule has 0 spiro atoms. The fourth-order valence-corrected chi connectivity index (χ4v) is 4.03. The lowest BCUT2D eigenvalue weighted by Gasteiger charge is -2.28. The van der Waals surface area contributed by atoms with E-state index in [1.165, 1.54) is 21.9 Å². The van der Waals surface area contributed by atoms with Gasteiger partial charge in [0.05, 0.1) is 20.3 Å². The molecular weight excluding hydrogens is 314 g/mol. The summed E-state index contributed by atoms with van der Waals surface area (Å²) in [7, 11) is 3.79. The summed E-state index contributed by atoms with van der Waals surface area (Å²) in [5.74, 6) is 0.725. The van der Waals surface area contributed by atoms with E-state index in [0.29, 0.717) is 0 Å².